The van der Waals surface area contributed by atoms with Gasteiger partial charge in [0.05, 0.1) is 19.3 Å². The molecule has 5 heteroatoms. The van der Waals surface area contributed by atoms with Gasteiger partial charge in [0.1, 0.15) is 6.10 Å². The highest BCUT2D eigenvalue weighted by Crippen LogP contribution is 2.10. The van der Waals surface area contributed by atoms with Gasteiger partial charge in [-0.05, 0) is 38.9 Å². The Morgan fingerprint density at radius 1 is 1.39 bits per heavy atom. The number of nitrogens with one attached hydrogen (secondary N) is 1. The number of amides is 1. The minimum absolute atomic E-state index is 0.00697. The molecule has 1 N–H and O–H groups in total. The molecule has 18 heavy (non-hydrogen) atoms. The minimum Gasteiger partial charge on any atom is -0.377 e. The van der Waals surface area contributed by atoms with E-state index < -0.39 is 0 Å². The zero-order valence-corrected chi connectivity index (χ0v) is 11.2. The van der Waals surface area contributed by atoms with Crippen LogP contribution in [0.15, 0.2) is 0 Å². The lowest BCUT2D eigenvalue weighted by Crippen LogP contribution is -2.43. The fourth-order valence-electron chi connectivity index (χ4n) is 2.65. The van der Waals surface area contributed by atoms with Crippen LogP contribution in [0, 0.1) is 0 Å². The Balaban J connectivity index is 1.59. The highest BCUT2D eigenvalue weighted by atomic mass is 16.5. The highest BCUT2D eigenvalue weighted by molar-refractivity contribution is 5.76. The summed E-state index contributed by atoms with van der Waals surface area (Å²) in [7, 11) is 1.66. The first-order valence-electron chi connectivity index (χ1n) is 6.92. The minimum atomic E-state index is 0.00697. The van der Waals surface area contributed by atoms with Crippen molar-refractivity contribution in [3.63, 3.8) is 0 Å². The molecule has 0 unspecified atom stereocenters. The Morgan fingerprint density at radius 2 is 2.17 bits per heavy atom. The third-order valence-corrected chi connectivity index (χ3v) is 3.75. The SMILES string of the molecule is CO[C@H]1COC[C@@H]1NC(=O)CCCN1CCCC1. The molecule has 2 heterocycles. The first-order chi connectivity index (χ1) is 8.79. The first-order valence-corrected chi connectivity index (χ1v) is 6.92. The summed E-state index contributed by atoms with van der Waals surface area (Å²) in [5.74, 6) is 0.117. The van der Waals surface area contributed by atoms with Crippen molar-refractivity contribution in [3.8, 4) is 0 Å². The smallest absolute Gasteiger partial charge is 0.220 e. The Hall–Kier alpha value is -0.650. The normalized spacial score (nSPS) is 28.7. The number of carbonyl (C=O) groups excluding carboxylic acids is 1. The summed E-state index contributed by atoms with van der Waals surface area (Å²) in [5.41, 5.74) is 0. The maximum Gasteiger partial charge on any atom is 0.220 e. The Kier molecular flexibility index (Phi) is 5.41. The van der Waals surface area contributed by atoms with Crippen LogP contribution in [0.25, 0.3) is 0 Å². The summed E-state index contributed by atoms with van der Waals surface area (Å²) < 4.78 is 10.6. The van der Waals surface area contributed by atoms with Gasteiger partial charge in [0.2, 0.25) is 5.91 Å². The van der Waals surface area contributed by atoms with Gasteiger partial charge in [-0.1, -0.05) is 0 Å². The molecule has 0 bridgehead atoms. The second kappa shape index (κ2) is 7.07. The van der Waals surface area contributed by atoms with Crippen LogP contribution >= 0.6 is 0 Å². The van der Waals surface area contributed by atoms with Gasteiger partial charge in [-0.15, -0.1) is 0 Å². The number of hydrogen-bond donors (Lipinski definition) is 1. The molecular formula is C13H24N2O3. The quantitative estimate of drug-likeness (QED) is 0.747. The van der Waals surface area contributed by atoms with Gasteiger partial charge in [0.25, 0.3) is 0 Å². The van der Waals surface area contributed by atoms with Gasteiger partial charge in [0.15, 0.2) is 0 Å². The van der Waals surface area contributed by atoms with Crippen molar-refractivity contribution in [1.29, 1.82) is 0 Å². The van der Waals surface area contributed by atoms with Crippen molar-refractivity contribution in [2.75, 3.05) is 40.0 Å². The van der Waals surface area contributed by atoms with Crippen LogP contribution in [0.3, 0.4) is 0 Å². The van der Waals surface area contributed by atoms with Crippen LogP contribution in [0.4, 0.5) is 0 Å². The molecule has 2 aliphatic rings. The van der Waals surface area contributed by atoms with Gasteiger partial charge in [-0.3, -0.25) is 4.79 Å². The van der Waals surface area contributed by atoms with Crippen LogP contribution < -0.4 is 5.32 Å². The lowest BCUT2D eigenvalue weighted by Gasteiger charge is -2.18. The van der Waals surface area contributed by atoms with Crippen LogP contribution in [-0.2, 0) is 14.3 Å². The van der Waals surface area contributed by atoms with Crippen molar-refractivity contribution >= 4 is 5.91 Å². The molecule has 0 spiro atoms. The monoisotopic (exact) mass is 256 g/mol. The van der Waals surface area contributed by atoms with E-state index in [1.807, 2.05) is 0 Å². The van der Waals surface area contributed by atoms with Crippen LogP contribution in [0.1, 0.15) is 25.7 Å². The molecule has 0 aromatic heterocycles. The average Bonchev–Trinajstić information content (AvgIpc) is 3.00. The fraction of sp³-hybridized carbons (Fsp3) is 0.923. The molecule has 2 fully saturated rings. The van der Waals surface area contributed by atoms with E-state index in [1.54, 1.807) is 7.11 Å². The third-order valence-electron chi connectivity index (χ3n) is 3.75. The van der Waals surface area contributed by atoms with E-state index in [2.05, 4.69) is 10.2 Å². The standard InChI is InChI=1S/C13H24N2O3/c1-17-12-10-18-9-11(12)14-13(16)5-4-8-15-6-2-3-7-15/h11-12H,2-10H2,1H3,(H,14,16)/t11-,12-/m0/s1. The van der Waals surface area contributed by atoms with E-state index in [9.17, 15) is 4.79 Å². The number of rotatable bonds is 6. The molecule has 0 radical (unpaired) electrons. The van der Waals surface area contributed by atoms with Gasteiger partial charge in [-0.25, -0.2) is 0 Å². The average molecular weight is 256 g/mol. The number of ether oxygens (including phenoxy) is 2. The van der Waals surface area contributed by atoms with Gasteiger partial charge in [0, 0.05) is 13.5 Å². The van der Waals surface area contributed by atoms with Crippen molar-refractivity contribution in [3.05, 3.63) is 0 Å². The maximum atomic E-state index is 11.8. The zero-order chi connectivity index (χ0) is 12.8. The Bertz CT molecular complexity index is 267. The number of carbonyl (C=O) groups is 1. The molecule has 1 amide bonds. The number of hydrogen-bond acceptors (Lipinski definition) is 4. The third kappa shape index (κ3) is 3.93. The van der Waals surface area contributed by atoms with Crippen molar-refractivity contribution < 1.29 is 14.3 Å². The lowest BCUT2D eigenvalue weighted by atomic mass is 10.2. The van der Waals surface area contributed by atoms with E-state index in [0.717, 1.165) is 13.0 Å². The van der Waals surface area contributed by atoms with E-state index in [0.29, 0.717) is 19.6 Å². The highest BCUT2D eigenvalue weighted by Gasteiger charge is 2.29. The molecule has 2 rings (SSSR count). The molecule has 2 atom stereocenters. The van der Waals surface area contributed by atoms with E-state index in [1.165, 1.54) is 25.9 Å². The Morgan fingerprint density at radius 3 is 2.89 bits per heavy atom. The van der Waals surface area contributed by atoms with E-state index >= 15 is 0 Å². The molecule has 0 aromatic carbocycles. The number of likely N-dealkylation sites (tertiary alicyclic amines) is 1. The largest absolute Gasteiger partial charge is 0.377 e. The molecule has 0 saturated carbocycles. The van der Waals surface area contributed by atoms with Crippen LogP contribution in [-0.4, -0.2) is 62.9 Å². The molecule has 0 aliphatic carbocycles. The predicted molar refractivity (Wildman–Crippen MR) is 68.5 cm³/mol. The Labute approximate surface area is 109 Å². The molecular weight excluding hydrogens is 232 g/mol. The van der Waals surface area contributed by atoms with Gasteiger partial charge < -0.3 is 19.7 Å². The second-order valence-corrected chi connectivity index (χ2v) is 5.14. The van der Waals surface area contributed by atoms with Crippen LogP contribution in [0.2, 0.25) is 0 Å². The zero-order valence-electron chi connectivity index (χ0n) is 11.2. The summed E-state index contributed by atoms with van der Waals surface area (Å²) in [6.07, 6.45) is 4.16. The predicted octanol–water partition coefficient (Wildman–Crippen LogP) is 0.392. The molecule has 2 saturated heterocycles. The maximum absolute atomic E-state index is 11.8. The van der Waals surface area contributed by atoms with Gasteiger partial charge >= 0.3 is 0 Å². The van der Waals surface area contributed by atoms with Gasteiger partial charge in [-0.2, -0.15) is 0 Å². The first kappa shape index (κ1) is 13.8. The lowest BCUT2D eigenvalue weighted by molar-refractivity contribution is -0.122. The topological polar surface area (TPSA) is 50.8 Å². The van der Waals surface area contributed by atoms with E-state index in [-0.39, 0.29) is 18.1 Å². The summed E-state index contributed by atoms with van der Waals surface area (Å²) in [4.78, 5) is 14.2. The molecule has 5 nitrogen and oxygen atoms in total. The molecule has 2 aliphatic heterocycles. The summed E-state index contributed by atoms with van der Waals surface area (Å²) in [5, 5.41) is 3.00. The summed E-state index contributed by atoms with van der Waals surface area (Å²) in [6, 6.07) is 0.0225. The molecule has 104 valence electrons. The molecule has 0 aromatic rings. The van der Waals surface area contributed by atoms with Crippen molar-refractivity contribution in [2.45, 2.75) is 37.8 Å². The second-order valence-electron chi connectivity index (χ2n) is 5.14. The number of methoxy groups -OCH3 is 1. The van der Waals surface area contributed by atoms with Crippen LogP contribution in [0.5, 0.6) is 0 Å². The summed E-state index contributed by atoms with van der Waals surface area (Å²) >= 11 is 0. The fourth-order valence-corrected chi connectivity index (χ4v) is 2.65. The van der Waals surface area contributed by atoms with Crippen molar-refractivity contribution in [2.24, 2.45) is 0 Å². The van der Waals surface area contributed by atoms with Crippen molar-refractivity contribution in [1.82, 2.24) is 10.2 Å². The van der Waals surface area contributed by atoms with E-state index in [4.69, 9.17) is 9.47 Å². The number of nitrogens with zero attached hydrogens (tertiary/aromatic N) is 1. The summed E-state index contributed by atoms with van der Waals surface area (Å²) in [6.45, 7) is 4.58.